The Morgan fingerprint density at radius 3 is 2.26 bits per heavy atom. The van der Waals surface area contributed by atoms with Crippen LogP contribution in [0, 0.1) is 29.6 Å². The molecule has 0 radical (unpaired) electrons. The Labute approximate surface area is 114 Å². The normalized spacial score (nSPS) is 40.6. The molecule has 1 heterocycles. The van der Waals surface area contributed by atoms with Gasteiger partial charge < -0.3 is 5.32 Å². The second-order valence-electron chi connectivity index (χ2n) is 6.90. The van der Waals surface area contributed by atoms with E-state index in [-0.39, 0.29) is 36.6 Å². The Kier molecular flexibility index (Phi) is 4.49. The first-order valence-electron chi connectivity index (χ1n) is 7.54. The molecule has 0 amide bonds. The van der Waals surface area contributed by atoms with E-state index in [2.05, 4.69) is 19.2 Å². The van der Waals surface area contributed by atoms with Crippen molar-refractivity contribution in [1.29, 1.82) is 0 Å². The van der Waals surface area contributed by atoms with E-state index in [1.807, 2.05) is 6.92 Å². The lowest BCUT2D eigenvalue weighted by Gasteiger charge is -2.37. The van der Waals surface area contributed by atoms with E-state index in [1.54, 1.807) is 0 Å². The Morgan fingerprint density at radius 2 is 1.74 bits per heavy atom. The zero-order valence-electron chi connectivity index (χ0n) is 12.1. The summed E-state index contributed by atoms with van der Waals surface area (Å²) in [6.07, 6.45) is 0.861. The number of piperidine rings is 1. The SMILES string of the molecule is CC(C)C1CCC(C(C)C2CNCC(F)(F)C2)C1F. The number of rotatable bonds is 3. The Morgan fingerprint density at radius 1 is 1.11 bits per heavy atom. The largest absolute Gasteiger partial charge is 0.311 e. The molecule has 0 bridgehead atoms. The second kappa shape index (κ2) is 5.63. The van der Waals surface area contributed by atoms with Gasteiger partial charge in [0.15, 0.2) is 0 Å². The fraction of sp³-hybridized carbons (Fsp3) is 1.00. The van der Waals surface area contributed by atoms with Crippen molar-refractivity contribution in [3.8, 4) is 0 Å². The average Bonchev–Trinajstić information content (AvgIpc) is 2.69. The summed E-state index contributed by atoms with van der Waals surface area (Å²) in [5.41, 5.74) is 0. The summed E-state index contributed by atoms with van der Waals surface area (Å²) in [7, 11) is 0. The molecule has 5 unspecified atom stereocenters. The van der Waals surface area contributed by atoms with E-state index in [4.69, 9.17) is 0 Å². The van der Waals surface area contributed by atoms with Gasteiger partial charge >= 0.3 is 0 Å². The number of nitrogens with one attached hydrogen (secondary N) is 1. The first-order valence-corrected chi connectivity index (χ1v) is 7.54. The standard InChI is InChI=1S/C15H26F3N/c1-9(2)12-4-5-13(14(12)16)10(3)11-6-15(17,18)8-19-7-11/h9-14,19H,4-8H2,1-3H3. The van der Waals surface area contributed by atoms with Gasteiger partial charge in [0.1, 0.15) is 6.17 Å². The van der Waals surface area contributed by atoms with E-state index >= 15 is 0 Å². The zero-order valence-corrected chi connectivity index (χ0v) is 12.1. The number of halogens is 3. The Bertz CT molecular complexity index is 306. The third-order valence-electron chi connectivity index (χ3n) is 5.28. The predicted octanol–water partition coefficient (Wildman–Crippen LogP) is 3.89. The summed E-state index contributed by atoms with van der Waals surface area (Å²) in [5.74, 6) is -2.26. The summed E-state index contributed by atoms with van der Waals surface area (Å²) in [5, 5.41) is 2.81. The van der Waals surface area contributed by atoms with Crippen LogP contribution in [-0.2, 0) is 0 Å². The molecule has 2 fully saturated rings. The van der Waals surface area contributed by atoms with Gasteiger partial charge in [0, 0.05) is 6.42 Å². The number of hydrogen-bond donors (Lipinski definition) is 1. The molecule has 0 aromatic rings. The van der Waals surface area contributed by atoms with Crippen molar-refractivity contribution in [3.63, 3.8) is 0 Å². The van der Waals surface area contributed by atoms with Gasteiger partial charge in [-0.25, -0.2) is 13.2 Å². The van der Waals surface area contributed by atoms with Gasteiger partial charge in [-0.05, 0) is 49.0 Å². The lowest BCUT2D eigenvalue weighted by molar-refractivity contribution is -0.0553. The highest BCUT2D eigenvalue weighted by Gasteiger charge is 2.45. The van der Waals surface area contributed by atoms with Gasteiger partial charge in [-0.15, -0.1) is 0 Å². The molecule has 5 atom stereocenters. The van der Waals surface area contributed by atoms with Crippen LogP contribution in [0.3, 0.4) is 0 Å². The maximum Gasteiger partial charge on any atom is 0.260 e. The quantitative estimate of drug-likeness (QED) is 0.825. The highest BCUT2D eigenvalue weighted by Crippen LogP contribution is 2.45. The van der Waals surface area contributed by atoms with E-state index in [0.29, 0.717) is 12.5 Å². The van der Waals surface area contributed by atoms with Crippen LogP contribution in [0.2, 0.25) is 0 Å². The topological polar surface area (TPSA) is 12.0 Å². The lowest BCUT2D eigenvalue weighted by atomic mass is 9.76. The molecule has 2 rings (SSSR count). The van der Waals surface area contributed by atoms with Crippen molar-refractivity contribution in [2.45, 2.75) is 52.1 Å². The second-order valence-corrected chi connectivity index (χ2v) is 6.90. The van der Waals surface area contributed by atoms with Crippen LogP contribution in [0.15, 0.2) is 0 Å². The molecule has 0 spiro atoms. The molecule has 1 saturated carbocycles. The lowest BCUT2D eigenvalue weighted by Crippen LogP contribution is -2.47. The van der Waals surface area contributed by atoms with Gasteiger partial charge in [0.2, 0.25) is 0 Å². The highest BCUT2D eigenvalue weighted by atomic mass is 19.3. The molecule has 1 aliphatic heterocycles. The fourth-order valence-electron chi connectivity index (χ4n) is 3.96. The van der Waals surface area contributed by atoms with Gasteiger partial charge in [-0.2, -0.15) is 0 Å². The molecule has 1 aliphatic carbocycles. The molecule has 2 aliphatic rings. The minimum absolute atomic E-state index is 0.0342. The number of alkyl halides is 3. The van der Waals surface area contributed by atoms with Crippen LogP contribution in [0.5, 0.6) is 0 Å². The Balaban J connectivity index is 1.98. The van der Waals surface area contributed by atoms with Crippen LogP contribution in [0.1, 0.15) is 40.0 Å². The van der Waals surface area contributed by atoms with Gasteiger partial charge in [-0.3, -0.25) is 0 Å². The fourth-order valence-corrected chi connectivity index (χ4v) is 3.96. The van der Waals surface area contributed by atoms with Crippen LogP contribution in [-0.4, -0.2) is 25.2 Å². The minimum Gasteiger partial charge on any atom is -0.311 e. The van der Waals surface area contributed by atoms with Gasteiger partial charge in [-0.1, -0.05) is 20.8 Å². The number of hydrogen-bond acceptors (Lipinski definition) is 1. The minimum atomic E-state index is -2.63. The monoisotopic (exact) mass is 277 g/mol. The summed E-state index contributed by atoms with van der Waals surface area (Å²) in [6.45, 7) is 6.45. The smallest absolute Gasteiger partial charge is 0.260 e. The third-order valence-corrected chi connectivity index (χ3v) is 5.28. The van der Waals surface area contributed by atoms with Crippen LogP contribution in [0.25, 0.3) is 0 Å². The maximum atomic E-state index is 14.5. The Hall–Kier alpha value is -0.250. The molecular weight excluding hydrogens is 251 g/mol. The van der Waals surface area contributed by atoms with Crippen LogP contribution in [0.4, 0.5) is 13.2 Å². The van der Waals surface area contributed by atoms with E-state index < -0.39 is 12.1 Å². The van der Waals surface area contributed by atoms with Gasteiger partial charge in [0.25, 0.3) is 5.92 Å². The third kappa shape index (κ3) is 3.26. The van der Waals surface area contributed by atoms with Crippen molar-refractivity contribution >= 4 is 0 Å². The summed E-state index contributed by atoms with van der Waals surface area (Å²) >= 11 is 0. The summed E-state index contributed by atoms with van der Waals surface area (Å²) in [4.78, 5) is 0. The molecule has 1 saturated heterocycles. The molecule has 0 aromatic carbocycles. The van der Waals surface area contributed by atoms with Crippen molar-refractivity contribution in [1.82, 2.24) is 5.32 Å². The van der Waals surface area contributed by atoms with E-state index in [9.17, 15) is 13.2 Å². The van der Waals surface area contributed by atoms with Crippen LogP contribution < -0.4 is 5.32 Å². The maximum absolute atomic E-state index is 14.5. The van der Waals surface area contributed by atoms with E-state index in [1.165, 1.54) is 0 Å². The highest BCUT2D eigenvalue weighted by molar-refractivity contribution is 4.93. The first kappa shape index (κ1) is 15.1. The summed E-state index contributed by atoms with van der Waals surface area (Å²) in [6, 6.07) is 0. The molecule has 1 nitrogen and oxygen atoms in total. The molecule has 1 N–H and O–H groups in total. The average molecular weight is 277 g/mol. The predicted molar refractivity (Wildman–Crippen MR) is 71.0 cm³/mol. The van der Waals surface area contributed by atoms with Crippen molar-refractivity contribution in [3.05, 3.63) is 0 Å². The first-order chi connectivity index (χ1) is 8.82. The van der Waals surface area contributed by atoms with Crippen molar-refractivity contribution in [2.24, 2.45) is 29.6 Å². The molecule has 19 heavy (non-hydrogen) atoms. The molecule has 0 aromatic heterocycles. The summed E-state index contributed by atoms with van der Waals surface area (Å²) < 4.78 is 41.4. The molecule has 112 valence electrons. The zero-order chi connectivity index (χ0) is 14.2. The van der Waals surface area contributed by atoms with Crippen LogP contribution >= 0.6 is 0 Å². The van der Waals surface area contributed by atoms with Gasteiger partial charge in [0.05, 0.1) is 6.54 Å². The molecule has 4 heteroatoms. The van der Waals surface area contributed by atoms with Crippen molar-refractivity contribution < 1.29 is 13.2 Å². The van der Waals surface area contributed by atoms with Crippen molar-refractivity contribution in [2.75, 3.05) is 13.1 Å². The molecular formula is C15H26F3N. The van der Waals surface area contributed by atoms with E-state index in [0.717, 1.165) is 12.8 Å².